The SMILES string of the molecule is CN1CCC(CNc2sc(C#N)c(N)c2C#N)C1. The molecule has 1 aromatic heterocycles. The summed E-state index contributed by atoms with van der Waals surface area (Å²) in [7, 11) is 2.11. The van der Waals surface area contributed by atoms with Crippen molar-refractivity contribution in [2.75, 3.05) is 37.7 Å². The molecule has 1 saturated heterocycles. The maximum Gasteiger partial charge on any atom is 0.131 e. The van der Waals surface area contributed by atoms with E-state index < -0.39 is 0 Å². The van der Waals surface area contributed by atoms with Crippen molar-refractivity contribution in [1.82, 2.24) is 4.90 Å². The summed E-state index contributed by atoms with van der Waals surface area (Å²) in [5.74, 6) is 0.593. The smallest absolute Gasteiger partial charge is 0.131 e. The zero-order valence-electron chi connectivity index (χ0n) is 10.2. The molecule has 1 aromatic rings. The second-order valence-corrected chi connectivity index (χ2v) is 5.59. The Kier molecular flexibility index (Phi) is 3.71. The fraction of sp³-hybridized carbons (Fsp3) is 0.500. The van der Waals surface area contributed by atoms with E-state index >= 15 is 0 Å². The molecule has 1 atom stereocenters. The zero-order valence-corrected chi connectivity index (χ0v) is 11.0. The highest BCUT2D eigenvalue weighted by atomic mass is 32.1. The molecule has 0 radical (unpaired) electrons. The van der Waals surface area contributed by atoms with Crippen LogP contribution in [0.15, 0.2) is 0 Å². The lowest BCUT2D eigenvalue weighted by atomic mass is 10.1. The lowest BCUT2D eigenvalue weighted by Gasteiger charge is -2.11. The van der Waals surface area contributed by atoms with Crippen LogP contribution in [0.1, 0.15) is 16.9 Å². The maximum absolute atomic E-state index is 9.06. The summed E-state index contributed by atoms with van der Waals surface area (Å²) in [6, 6.07) is 4.08. The van der Waals surface area contributed by atoms with Gasteiger partial charge in [0.25, 0.3) is 0 Å². The summed E-state index contributed by atoms with van der Waals surface area (Å²) in [5.41, 5.74) is 6.46. The van der Waals surface area contributed by atoms with E-state index in [2.05, 4.69) is 23.3 Å². The van der Waals surface area contributed by atoms with Crippen LogP contribution in [0.2, 0.25) is 0 Å². The second-order valence-electron chi connectivity index (χ2n) is 4.57. The molecule has 18 heavy (non-hydrogen) atoms. The first-order valence-electron chi connectivity index (χ1n) is 5.80. The molecule has 1 aliphatic heterocycles. The molecule has 94 valence electrons. The van der Waals surface area contributed by atoms with Crippen LogP contribution in [0.5, 0.6) is 0 Å². The topological polar surface area (TPSA) is 88.9 Å². The summed E-state index contributed by atoms with van der Waals surface area (Å²) in [4.78, 5) is 2.71. The quantitative estimate of drug-likeness (QED) is 0.859. The van der Waals surface area contributed by atoms with Crippen LogP contribution in [0.3, 0.4) is 0 Å². The van der Waals surface area contributed by atoms with Crippen LogP contribution in [0.25, 0.3) is 0 Å². The Bertz CT molecular complexity index is 522. The number of thiophene rings is 1. The molecule has 0 spiro atoms. The van der Waals surface area contributed by atoms with Crippen molar-refractivity contribution in [1.29, 1.82) is 10.5 Å². The second kappa shape index (κ2) is 5.26. The first kappa shape index (κ1) is 12.7. The van der Waals surface area contributed by atoms with E-state index in [1.807, 2.05) is 6.07 Å². The van der Waals surface area contributed by atoms with Gasteiger partial charge in [-0.25, -0.2) is 0 Å². The van der Waals surface area contributed by atoms with Crippen molar-refractivity contribution < 1.29 is 0 Å². The molecule has 0 saturated carbocycles. The van der Waals surface area contributed by atoms with Gasteiger partial charge in [-0.3, -0.25) is 0 Å². The molecule has 0 bridgehead atoms. The Labute approximate surface area is 110 Å². The van der Waals surface area contributed by atoms with Crippen LogP contribution in [-0.2, 0) is 0 Å². The minimum absolute atomic E-state index is 0.302. The van der Waals surface area contributed by atoms with Crippen LogP contribution in [0, 0.1) is 28.6 Å². The summed E-state index contributed by atoms with van der Waals surface area (Å²) in [5, 5.41) is 21.9. The third-order valence-corrected chi connectivity index (χ3v) is 4.27. The standard InChI is InChI=1S/C12H15N5S/c1-17-3-2-8(7-17)6-16-12-9(4-13)11(15)10(5-14)18-12/h8,16H,2-3,6-7,15H2,1H3. The van der Waals surface area contributed by atoms with Gasteiger partial charge in [0.15, 0.2) is 0 Å². The Balaban J connectivity index is 2.06. The van der Waals surface area contributed by atoms with Crippen molar-refractivity contribution in [3.63, 3.8) is 0 Å². The van der Waals surface area contributed by atoms with Gasteiger partial charge in [-0.05, 0) is 25.9 Å². The molecule has 2 rings (SSSR count). The van der Waals surface area contributed by atoms with Gasteiger partial charge in [-0.1, -0.05) is 0 Å². The molecule has 2 heterocycles. The Morgan fingerprint density at radius 3 is 2.83 bits per heavy atom. The van der Waals surface area contributed by atoms with Gasteiger partial charge in [0.2, 0.25) is 0 Å². The van der Waals surface area contributed by atoms with Crippen LogP contribution in [-0.4, -0.2) is 31.6 Å². The molecule has 6 heteroatoms. The number of nitrogens with zero attached hydrogens (tertiary/aromatic N) is 3. The third kappa shape index (κ3) is 2.40. The third-order valence-electron chi connectivity index (χ3n) is 3.20. The molecule has 1 fully saturated rings. The van der Waals surface area contributed by atoms with E-state index in [0.717, 1.165) is 31.1 Å². The number of likely N-dealkylation sites (tertiary alicyclic amines) is 1. The number of hydrogen-bond acceptors (Lipinski definition) is 6. The van der Waals surface area contributed by atoms with Crippen molar-refractivity contribution in [3.8, 4) is 12.1 Å². The van der Waals surface area contributed by atoms with Gasteiger partial charge in [-0.15, -0.1) is 11.3 Å². The van der Waals surface area contributed by atoms with E-state index in [-0.39, 0.29) is 0 Å². The lowest BCUT2D eigenvalue weighted by molar-refractivity contribution is 0.399. The van der Waals surface area contributed by atoms with Crippen molar-refractivity contribution in [2.24, 2.45) is 5.92 Å². The Morgan fingerprint density at radius 1 is 1.50 bits per heavy atom. The fourth-order valence-corrected chi connectivity index (χ4v) is 3.07. The molecule has 3 N–H and O–H groups in total. The highest BCUT2D eigenvalue weighted by Gasteiger charge is 2.21. The Morgan fingerprint density at radius 2 is 2.28 bits per heavy atom. The number of rotatable bonds is 3. The monoisotopic (exact) mass is 261 g/mol. The number of nitrogens with two attached hydrogens (primary N) is 1. The predicted octanol–water partition coefficient (Wildman–Crippen LogP) is 1.44. The number of anilines is 2. The number of hydrogen-bond donors (Lipinski definition) is 2. The number of nitriles is 2. The highest BCUT2D eigenvalue weighted by molar-refractivity contribution is 7.17. The van der Waals surface area contributed by atoms with E-state index in [1.54, 1.807) is 0 Å². The summed E-state index contributed by atoms with van der Waals surface area (Å²) in [6.07, 6.45) is 1.16. The average Bonchev–Trinajstić information content (AvgIpc) is 2.90. The van der Waals surface area contributed by atoms with Crippen molar-refractivity contribution in [2.45, 2.75) is 6.42 Å². The minimum atomic E-state index is 0.302. The van der Waals surface area contributed by atoms with Gasteiger partial charge in [0.05, 0.1) is 5.69 Å². The van der Waals surface area contributed by atoms with Crippen molar-refractivity contribution >= 4 is 22.0 Å². The summed E-state index contributed by atoms with van der Waals surface area (Å²) >= 11 is 1.26. The average molecular weight is 261 g/mol. The van der Waals surface area contributed by atoms with Gasteiger partial charge >= 0.3 is 0 Å². The van der Waals surface area contributed by atoms with E-state index in [9.17, 15) is 0 Å². The van der Waals surface area contributed by atoms with Crippen LogP contribution >= 0.6 is 11.3 Å². The number of nitrogen functional groups attached to an aromatic ring is 1. The molecular formula is C12H15N5S. The molecule has 0 aromatic carbocycles. The fourth-order valence-electron chi connectivity index (χ4n) is 2.19. The molecule has 1 unspecified atom stereocenters. The minimum Gasteiger partial charge on any atom is -0.396 e. The molecule has 0 aliphatic carbocycles. The molecule has 1 aliphatic rings. The predicted molar refractivity (Wildman–Crippen MR) is 72.3 cm³/mol. The molecular weight excluding hydrogens is 246 g/mol. The van der Waals surface area contributed by atoms with E-state index in [0.29, 0.717) is 22.0 Å². The van der Waals surface area contributed by atoms with Gasteiger partial charge < -0.3 is 16.0 Å². The van der Waals surface area contributed by atoms with E-state index in [1.165, 1.54) is 11.3 Å². The largest absolute Gasteiger partial charge is 0.396 e. The molecule has 5 nitrogen and oxygen atoms in total. The van der Waals surface area contributed by atoms with Crippen LogP contribution in [0.4, 0.5) is 10.7 Å². The van der Waals surface area contributed by atoms with Crippen molar-refractivity contribution in [3.05, 3.63) is 10.4 Å². The normalized spacial score (nSPS) is 19.4. The molecule has 0 amide bonds. The van der Waals surface area contributed by atoms with E-state index in [4.69, 9.17) is 16.3 Å². The maximum atomic E-state index is 9.06. The first-order valence-corrected chi connectivity index (χ1v) is 6.62. The number of nitrogens with one attached hydrogen (secondary N) is 1. The van der Waals surface area contributed by atoms with Gasteiger partial charge in [-0.2, -0.15) is 10.5 Å². The van der Waals surface area contributed by atoms with Gasteiger partial charge in [0, 0.05) is 13.1 Å². The van der Waals surface area contributed by atoms with Gasteiger partial charge in [0.1, 0.15) is 27.6 Å². The first-order chi connectivity index (χ1) is 8.65. The Hall–Kier alpha value is -1.76. The van der Waals surface area contributed by atoms with Crippen LogP contribution < -0.4 is 11.1 Å². The highest BCUT2D eigenvalue weighted by Crippen LogP contribution is 2.34. The summed E-state index contributed by atoms with van der Waals surface area (Å²) in [6.45, 7) is 3.01. The summed E-state index contributed by atoms with van der Waals surface area (Å²) < 4.78 is 0. The zero-order chi connectivity index (χ0) is 13.1. The lowest BCUT2D eigenvalue weighted by Crippen LogP contribution is -2.19.